The Morgan fingerprint density at radius 2 is 1.32 bits per heavy atom. The minimum Gasteiger partial charge on any atom is -0.475 e. The lowest BCUT2D eigenvalue weighted by Gasteiger charge is -2.36. The van der Waals surface area contributed by atoms with Gasteiger partial charge in [-0.2, -0.15) is 26.3 Å². The molecule has 40 heavy (non-hydrogen) atoms. The second-order valence-electron chi connectivity index (χ2n) is 8.23. The first-order valence-electron chi connectivity index (χ1n) is 11.1. The number of alkyl halides is 6. The number of halogens is 6. The van der Waals surface area contributed by atoms with Crippen LogP contribution in [0.2, 0.25) is 0 Å². The summed E-state index contributed by atoms with van der Waals surface area (Å²) in [5.74, 6) is -5.46. The number of nitrogens with two attached hydrogens (primary N) is 1. The van der Waals surface area contributed by atoms with Gasteiger partial charge in [-0.3, -0.25) is 9.78 Å². The Morgan fingerprint density at radius 3 is 1.77 bits per heavy atom. The molecule has 3 aromatic rings. The van der Waals surface area contributed by atoms with E-state index in [4.69, 9.17) is 25.5 Å². The van der Waals surface area contributed by atoms with E-state index in [9.17, 15) is 31.1 Å². The lowest BCUT2D eigenvalue weighted by Crippen LogP contribution is -2.48. The van der Waals surface area contributed by atoms with E-state index in [0.717, 1.165) is 34.7 Å². The molecule has 0 saturated carbocycles. The zero-order valence-electron chi connectivity index (χ0n) is 20.9. The molecular weight excluding hydrogens is 572 g/mol. The standard InChI is InChI=1S/C19H21N5OS.2C2HF3O2/c1-12-9-15(10-13(2)21-12)23-5-7-24(8-6-23)18(25)14-3-4-17-16(11-14)22-19(20)26-17;2*3-2(4,5)1(6)7/h3-4,9-11H,5-8H2,1-2H3,(H2,20,22);2*(H,6,7). The Bertz CT molecular complexity index is 1330. The number of carboxylic acids is 2. The number of anilines is 2. The fourth-order valence-corrected chi connectivity index (χ4v) is 4.14. The number of hydrogen-bond donors (Lipinski definition) is 3. The number of benzene rings is 1. The van der Waals surface area contributed by atoms with Gasteiger partial charge in [-0.25, -0.2) is 14.6 Å². The van der Waals surface area contributed by atoms with Crippen LogP contribution in [0, 0.1) is 13.8 Å². The molecule has 0 bridgehead atoms. The summed E-state index contributed by atoms with van der Waals surface area (Å²) in [5, 5.41) is 14.8. The zero-order chi connectivity index (χ0) is 30.4. The third-order valence-corrected chi connectivity index (χ3v) is 6.00. The Hall–Kier alpha value is -4.15. The van der Waals surface area contributed by atoms with Crippen LogP contribution in [0.5, 0.6) is 0 Å². The van der Waals surface area contributed by atoms with Gasteiger partial charge in [-0.1, -0.05) is 11.3 Å². The molecular formula is C23H23F6N5O5S. The van der Waals surface area contributed by atoms with E-state index in [1.165, 1.54) is 17.0 Å². The second kappa shape index (κ2) is 12.8. The van der Waals surface area contributed by atoms with Gasteiger partial charge in [0.1, 0.15) is 0 Å². The second-order valence-corrected chi connectivity index (χ2v) is 9.29. The summed E-state index contributed by atoms with van der Waals surface area (Å²) in [5.41, 5.74) is 10.4. The predicted molar refractivity (Wildman–Crippen MR) is 133 cm³/mol. The third kappa shape index (κ3) is 9.25. The van der Waals surface area contributed by atoms with Gasteiger partial charge in [0.25, 0.3) is 5.91 Å². The van der Waals surface area contributed by atoms with Gasteiger partial charge in [-0.15, -0.1) is 0 Å². The fraction of sp³-hybridized carbons (Fsp3) is 0.348. The summed E-state index contributed by atoms with van der Waals surface area (Å²) >= 11 is 1.44. The molecule has 4 N–H and O–H groups in total. The highest BCUT2D eigenvalue weighted by molar-refractivity contribution is 7.22. The maximum atomic E-state index is 12.8. The van der Waals surface area contributed by atoms with E-state index in [1.807, 2.05) is 36.9 Å². The third-order valence-electron chi connectivity index (χ3n) is 5.13. The molecule has 0 spiro atoms. The zero-order valence-corrected chi connectivity index (χ0v) is 21.7. The van der Waals surface area contributed by atoms with Crippen molar-refractivity contribution in [2.24, 2.45) is 0 Å². The summed E-state index contributed by atoms with van der Waals surface area (Å²) in [7, 11) is 0. The number of hydrogen-bond acceptors (Lipinski definition) is 8. The number of carbonyl (C=O) groups excluding carboxylic acids is 1. The number of nitrogens with zero attached hydrogens (tertiary/aromatic N) is 4. The maximum absolute atomic E-state index is 12.8. The smallest absolute Gasteiger partial charge is 0.475 e. The minimum absolute atomic E-state index is 0.0558. The minimum atomic E-state index is -5.08. The van der Waals surface area contributed by atoms with Crippen LogP contribution in [0.3, 0.4) is 0 Å². The van der Waals surface area contributed by atoms with E-state index < -0.39 is 24.3 Å². The van der Waals surface area contributed by atoms with E-state index in [1.54, 1.807) is 0 Å². The normalized spacial score (nSPS) is 13.6. The average Bonchev–Trinajstić information content (AvgIpc) is 3.22. The van der Waals surface area contributed by atoms with Gasteiger partial charge in [0.2, 0.25) is 0 Å². The first-order chi connectivity index (χ1) is 18.4. The number of thiazole rings is 1. The highest BCUT2D eigenvalue weighted by Gasteiger charge is 2.38. The number of aryl methyl sites for hydroxylation is 2. The molecule has 0 unspecified atom stereocenters. The molecule has 4 rings (SSSR count). The number of rotatable bonds is 2. The van der Waals surface area contributed by atoms with Crippen LogP contribution in [-0.2, 0) is 9.59 Å². The van der Waals surface area contributed by atoms with Gasteiger partial charge in [0.15, 0.2) is 5.13 Å². The molecule has 2 aromatic heterocycles. The quantitative estimate of drug-likeness (QED) is 0.372. The number of carboxylic acid groups (broad SMARTS) is 2. The number of pyridine rings is 1. The molecule has 3 heterocycles. The number of fused-ring (bicyclic) bond motifs is 1. The molecule has 0 atom stereocenters. The number of nitrogen functional groups attached to an aromatic ring is 1. The molecule has 10 nitrogen and oxygen atoms in total. The molecule has 17 heteroatoms. The largest absolute Gasteiger partial charge is 0.490 e. The number of amides is 1. The van der Waals surface area contributed by atoms with E-state index in [-0.39, 0.29) is 5.91 Å². The first kappa shape index (κ1) is 32.1. The van der Waals surface area contributed by atoms with Crippen molar-refractivity contribution in [2.75, 3.05) is 36.8 Å². The lowest BCUT2D eigenvalue weighted by atomic mass is 10.1. The summed E-state index contributed by atoms with van der Waals surface area (Å²) in [6.07, 6.45) is -10.2. The number of aromatic nitrogens is 2. The van der Waals surface area contributed by atoms with Gasteiger partial charge in [0, 0.05) is 48.8 Å². The van der Waals surface area contributed by atoms with Crippen molar-refractivity contribution in [3.63, 3.8) is 0 Å². The number of piperazine rings is 1. The maximum Gasteiger partial charge on any atom is 0.490 e. The molecule has 1 aromatic carbocycles. The molecule has 218 valence electrons. The predicted octanol–water partition coefficient (Wildman–Crippen LogP) is 4.12. The van der Waals surface area contributed by atoms with Crippen molar-refractivity contribution in [3.8, 4) is 0 Å². The summed E-state index contributed by atoms with van der Waals surface area (Å²) < 4.78 is 64.5. The monoisotopic (exact) mass is 595 g/mol. The average molecular weight is 596 g/mol. The van der Waals surface area contributed by atoms with Gasteiger partial charge in [-0.05, 0) is 44.2 Å². The topological polar surface area (TPSA) is 150 Å². The van der Waals surface area contributed by atoms with Gasteiger partial charge < -0.3 is 25.7 Å². The summed E-state index contributed by atoms with van der Waals surface area (Å²) in [6, 6.07) is 9.84. The van der Waals surface area contributed by atoms with Crippen LogP contribution in [-0.4, -0.2) is 81.5 Å². The molecule has 1 aliphatic heterocycles. The molecule has 1 fully saturated rings. The van der Waals surface area contributed by atoms with Crippen LogP contribution in [0.1, 0.15) is 21.7 Å². The first-order valence-corrected chi connectivity index (χ1v) is 12.0. The van der Waals surface area contributed by atoms with E-state index >= 15 is 0 Å². The van der Waals surface area contributed by atoms with Crippen LogP contribution in [0.15, 0.2) is 30.3 Å². The summed E-state index contributed by atoms with van der Waals surface area (Å²) in [6.45, 7) is 7.07. The SMILES string of the molecule is Cc1cc(N2CCN(C(=O)c3ccc4sc(N)nc4c3)CC2)cc(C)n1.O=C(O)C(F)(F)F.O=C(O)C(F)(F)F. The number of carbonyl (C=O) groups is 3. The summed E-state index contributed by atoms with van der Waals surface area (Å²) in [4.78, 5) is 43.6. The fourth-order valence-electron chi connectivity index (χ4n) is 3.42. The van der Waals surface area contributed by atoms with Crippen molar-refractivity contribution in [3.05, 3.63) is 47.3 Å². The van der Waals surface area contributed by atoms with Crippen molar-refractivity contribution in [1.29, 1.82) is 0 Å². The van der Waals surface area contributed by atoms with Crippen molar-refractivity contribution < 1.29 is 50.9 Å². The Morgan fingerprint density at radius 1 is 0.850 bits per heavy atom. The molecule has 1 aliphatic rings. The molecule has 0 aliphatic carbocycles. The lowest BCUT2D eigenvalue weighted by molar-refractivity contribution is -0.193. The molecule has 1 saturated heterocycles. The highest BCUT2D eigenvalue weighted by atomic mass is 32.1. The molecule has 0 radical (unpaired) electrons. The van der Waals surface area contributed by atoms with Crippen molar-refractivity contribution in [2.45, 2.75) is 26.2 Å². The Labute approximate surface area is 226 Å². The van der Waals surface area contributed by atoms with Crippen molar-refractivity contribution in [1.82, 2.24) is 14.9 Å². The number of aliphatic carboxylic acids is 2. The van der Waals surface area contributed by atoms with Crippen LogP contribution in [0.4, 0.5) is 37.2 Å². The van der Waals surface area contributed by atoms with Crippen LogP contribution >= 0.6 is 11.3 Å². The van der Waals surface area contributed by atoms with Crippen LogP contribution in [0.25, 0.3) is 10.2 Å². The Balaban J connectivity index is 0.000000333. The van der Waals surface area contributed by atoms with E-state index in [0.29, 0.717) is 23.8 Å². The van der Waals surface area contributed by atoms with Crippen molar-refractivity contribution >= 4 is 50.2 Å². The highest BCUT2D eigenvalue weighted by Crippen LogP contribution is 2.25. The Kier molecular flexibility index (Phi) is 10.3. The van der Waals surface area contributed by atoms with Gasteiger partial charge >= 0.3 is 24.3 Å². The van der Waals surface area contributed by atoms with Gasteiger partial charge in [0.05, 0.1) is 10.2 Å². The van der Waals surface area contributed by atoms with E-state index in [2.05, 4.69) is 27.0 Å². The van der Waals surface area contributed by atoms with Crippen LogP contribution < -0.4 is 10.6 Å². The molecule has 1 amide bonds.